The second kappa shape index (κ2) is 9.88. The molecule has 3 unspecified atom stereocenters. The molecule has 0 N–H and O–H groups in total. The third-order valence-corrected chi connectivity index (χ3v) is 6.51. The van der Waals surface area contributed by atoms with Crippen LogP contribution in [0.1, 0.15) is 51.8 Å². The zero-order chi connectivity index (χ0) is 21.7. The minimum absolute atomic E-state index is 0.346. The van der Waals surface area contributed by atoms with Crippen LogP contribution in [0.3, 0.4) is 0 Å². The molecule has 2 aromatic carbocycles. The molecule has 0 amide bonds. The van der Waals surface area contributed by atoms with Gasteiger partial charge in [-0.1, -0.05) is 76.1 Å². The Morgan fingerprint density at radius 2 is 1.53 bits per heavy atom. The Kier molecular flexibility index (Phi) is 7.25. The average molecular weight is 402 g/mol. The maximum Gasteiger partial charge on any atom is 0.159 e. The monoisotopic (exact) mass is 401 g/mol. The first-order chi connectivity index (χ1) is 14.5. The molecule has 1 aromatic heterocycles. The van der Waals surface area contributed by atoms with Crippen LogP contribution in [0, 0.1) is 25.7 Å². The maximum absolute atomic E-state index is 4.93. The summed E-state index contributed by atoms with van der Waals surface area (Å²) in [5.41, 5.74) is 5.59. The number of para-hydroxylation sites is 1. The number of aryl methyl sites for hydroxylation is 2. The van der Waals surface area contributed by atoms with Gasteiger partial charge in [-0.25, -0.2) is 9.97 Å². The molecule has 158 valence electrons. The number of hydrogen-bond acceptors (Lipinski definition) is 3. The molecule has 0 saturated heterocycles. The summed E-state index contributed by atoms with van der Waals surface area (Å²) in [5, 5.41) is 0. The van der Waals surface area contributed by atoms with Gasteiger partial charge in [0.1, 0.15) is 0 Å². The average Bonchev–Trinajstić information content (AvgIpc) is 2.76. The third-order valence-electron chi connectivity index (χ3n) is 6.51. The predicted molar refractivity (Wildman–Crippen MR) is 128 cm³/mol. The summed E-state index contributed by atoms with van der Waals surface area (Å²) in [6, 6.07) is 19.3. The highest BCUT2D eigenvalue weighted by molar-refractivity contribution is 5.68. The lowest BCUT2D eigenvalue weighted by Gasteiger charge is -2.39. The summed E-state index contributed by atoms with van der Waals surface area (Å²) in [7, 11) is 0. The van der Waals surface area contributed by atoms with Crippen molar-refractivity contribution in [2.45, 2.75) is 60.4 Å². The van der Waals surface area contributed by atoms with Crippen LogP contribution >= 0.6 is 0 Å². The Morgan fingerprint density at radius 1 is 0.867 bits per heavy atom. The molecule has 0 fully saturated rings. The highest BCUT2D eigenvalue weighted by Crippen LogP contribution is 2.36. The Hall–Kier alpha value is -2.68. The fraction of sp³-hybridized carbons (Fsp3) is 0.407. The van der Waals surface area contributed by atoms with Crippen LogP contribution in [-0.2, 0) is 0 Å². The maximum atomic E-state index is 4.93. The smallest absolute Gasteiger partial charge is 0.159 e. The van der Waals surface area contributed by atoms with Gasteiger partial charge < -0.3 is 4.90 Å². The molecule has 3 aromatic rings. The first-order valence-corrected chi connectivity index (χ1v) is 11.2. The first-order valence-electron chi connectivity index (χ1n) is 11.2. The van der Waals surface area contributed by atoms with Gasteiger partial charge in [0.2, 0.25) is 0 Å². The largest absolute Gasteiger partial charge is 0.336 e. The van der Waals surface area contributed by atoms with Gasteiger partial charge in [0, 0.05) is 17.3 Å². The molecule has 3 nitrogen and oxygen atoms in total. The summed E-state index contributed by atoms with van der Waals surface area (Å²) in [4.78, 5) is 12.2. The molecule has 0 aliphatic carbocycles. The minimum atomic E-state index is 0.346. The second-order valence-electron chi connectivity index (χ2n) is 8.38. The van der Waals surface area contributed by atoms with Gasteiger partial charge in [0.15, 0.2) is 5.82 Å². The van der Waals surface area contributed by atoms with Crippen molar-refractivity contribution in [1.29, 1.82) is 0 Å². The molecule has 0 radical (unpaired) electrons. The molecule has 3 atom stereocenters. The Balaban J connectivity index is 2.07. The van der Waals surface area contributed by atoms with E-state index in [0.29, 0.717) is 17.9 Å². The van der Waals surface area contributed by atoms with E-state index >= 15 is 0 Å². The Bertz CT molecular complexity index is 951. The molecule has 1 heterocycles. The molecule has 3 heteroatoms. The van der Waals surface area contributed by atoms with Gasteiger partial charge in [-0.3, -0.25) is 0 Å². The van der Waals surface area contributed by atoms with Crippen LogP contribution in [0.25, 0.3) is 11.4 Å². The number of hydrogen-bond donors (Lipinski definition) is 0. The lowest BCUT2D eigenvalue weighted by Crippen LogP contribution is -2.38. The van der Waals surface area contributed by atoms with Crippen molar-refractivity contribution in [3.05, 3.63) is 72.1 Å². The van der Waals surface area contributed by atoms with Crippen LogP contribution in [-0.4, -0.2) is 16.0 Å². The van der Waals surface area contributed by atoms with Crippen molar-refractivity contribution >= 4 is 11.4 Å². The summed E-state index contributed by atoms with van der Waals surface area (Å²) in [6.45, 7) is 13.5. The number of nitrogens with zero attached hydrogens (tertiary/aromatic N) is 3. The van der Waals surface area contributed by atoms with Gasteiger partial charge in [-0.05, 0) is 50.3 Å². The van der Waals surface area contributed by atoms with Gasteiger partial charge in [-0.2, -0.15) is 0 Å². The molecule has 30 heavy (non-hydrogen) atoms. The summed E-state index contributed by atoms with van der Waals surface area (Å²) in [5.74, 6) is 2.04. The van der Waals surface area contributed by atoms with Crippen LogP contribution in [0.2, 0.25) is 0 Å². The number of aromatic nitrogens is 2. The molecule has 0 spiro atoms. The molecular formula is C27H35N3. The molecule has 0 aliphatic rings. The lowest BCUT2D eigenvalue weighted by atomic mass is 9.83. The van der Waals surface area contributed by atoms with Crippen LogP contribution in [0.4, 0.5) is 11.4 Å². The van der Waals surface area contributed by atoms with E-state index in [-0.39, 0.29) is 0 Å². The molecule has 0 bridgehead atoms. The normalized spacial score (nSPS) is 14.2. The fourth-order valence-corrected chi connectivity index (χ4v) is 4.55. The van der Waals surface area contributed by atoms with Crippen molar-refractivity contribution in [2.24, 2.45) is 11.8 Å². The molecule has 3 rings (SSSR count). The van der Waals surface area contributed by atoms with Crippen LogP contribution < -0.4 is 4.90 Å². The third kappa shape index (κ3) is 4.56. The van der Waals surface area contributed by atoms with Crippen molar-refractivity contribution < 1.29 is 0 Å². The van der Waals surface area contributed by atoms with E-state index in [1.54, 1.807) is 0 Å². The van der Waals surface area contributed by atoms with Gasteiger partial charge in [0.05, 0.1) is 17.6 Å². The number of benzene rings is 2. The zero-order valence-electron chi connectivity index (χ0n) is 19.3. The van der Waals surface area contributed by atoms with E-state index in [4.69, 9.17) is 9.97 Å². The lowest BCUT2D eigenvalue weighted by molar-refractivity contribution is 0.292. The Morgan fingerprint density at radius 3 is 2.13 bits per heavy atom. The van der Waals surface area contributed by atoms with Crippen molar-refractivity contribution in [1.82, 2.24) is 9.97 Å². The van der Waals surface area contributed by atoms with Crippen molar-refractivity contribution in [2.75, 3.05) is 4.90 Å². The highest BCUT2D eigenvalue weighted by atomic mass is 15.2. The molecule has 0 aliphatic heterocycles. The molecule has 0 saturated carbocycles. The first kappa shape index (κ1) is 22.0. The SMILES string of the molecule is CCC(C)C(CC)C(C)N(c1ccccc1)c1cnc(-c2ccccc2C)nc1C. The summed E-state index contributed by atoms with van der Waals surface area (Å²) < 4.78 is 0. The summed E-state index contributed by atoms with van der Waals surface area (Å²) in [6.07, 6.45) is 4.35. The van der Waals surface area contributed by atoms with Gasteiger partial charge >= 0.3 is 0 Å². The minimum Gasteiger partial charge on any atom is -0.336 e. The van der Waals surface area contributed by atoms with Crippen molar-refractivity contribution in [3.63, 3.8) is 0 Å². The number of rotatable bonds is 8. The van der Waals surface area contributed by atoms with Crippen LogP contribution in [0.5, 0.6) is 0 Å². The van der Waals surface area contributed by atoms with E-state index in [1.807, 2.05) is 12.3 Å². The van der Waals surface area contributed by atoms with E-state index in [9.17, 15) is 0 Å². The standard InChI is InChI=1S/C27H35N3/c1-7-19(3)24(8-2)22(6)30(23-15-10-9-11-16-23)26-18-28-27(29-21(26)5)25-17-13-12-14-20(25)4/h9-19,22,24H,7-8H2,1-6H3. The van der Waals surface area contributed by atoms with Gasteiger partial charge in [-0.15, -0.1) is 0 Å². The fourth-order valence-electron chi connectivity index (χ4n) is 4.55. The Labute approximate surface area is 182 Å². The van der Waals surface area contributed by atoms with E-state index in [1.165, 1.54) is 17.7 Å². The predicted octanol–water partition coefficient (Wildman–Crippen LogP) is 7.36. The summed E-state index contributed by atoms with van der Waals surface area (Å²) >= 11 is 0. The van der Waals surface area contributed by atoms with E-state index in [2.05, 4.69) is 95.0 Å². The topological polar surface area (TPSA) is 29.0 Å². The molecular weight excluding hydrogens is 366 g/mol. The van der Waals surface area contributed by atoms with Crippen LogP contribution in [0.15, 0.2) is 60.8 Å². The quantitative estimate of drug-likeness (QED) is 0.395. The van der Waals surface area contributed by atoms with Crippen molar-refractivity contribution in [3.8, 4) is 11.4 Å². The second-order valence-corrected chi connectivity index (χ2v) is 8.38. The highest BCUT2D eigenvalue weighted by Gasteiger charge is 2.29. The van der Waals surface area contributed by atoms with E-state index in [0.717, 1.165) is 29.2 Å². The number of anilines is 2. The van der Waals surface area contributed by atoms with E-state index < -0.39 is 0 Å². The van der Waals surface area contributed by atoms with Gasteiger partial charge in [0.25, 0.3) is 0 Å². The zero-order valence-corrected chi connectivity index (χ0v) is 19.3.